The lowest BCUT2D eigenvalue weighted by molar-refractivity contribution is 0.202. The van der Waals surface area contributed by atoms with Crippen molar-refractivity contribution in [3.05, 3.63) is 39.8 Å². The largest absolute Gasteiger partial charge is 0.424 e. The van der Waals surface area contributed by atoms with Gasteiger partial charge in [0.15, 0.2) is 5.58 Å². The summed E-state index contributed by atoms with van der Waals surface area (Å²) >= 11 is 1.64. The Morgan fingerprint density at radius 3 is 3.00 bits per heavy atom. The number of methoxy groups -OCH3 is 1. The van der Waals surface area contributed by atoms with Crippen LogP contribution in [-0.2, 0) is 17.7 Å². The molecule has 0 aliphatic carbocycles. The van der Waals surface area contributed by atoms with Crippen LogP contribution in [0.3, 0.4) is 0 Å². The number of aromatic nitrogens is 2. The Balaban J connectivity index is 1.71. The number of ether oxygens (including phenoxy) is 1. The second kappa shape index (κ2) is 6.24. The third-order valence-electron chi connectivity index (χ3n) is 3.13. The Hall–Kier alpha value is -1.92. The summed E-state index contributed by atoms with van der Waals surface area (Å²) in [4.78, 5) is 8.86. The number of fused-ring (bicyclic) bond motifs is 1. The van der Waals surface area contributed by atoms with Crippen molar-refractivity contribution in [1.82, 2.24) is 9.97 Å². The number of thiazole rings is 1. The van der Waals surface area contributed by atoms with Crippen molar-refractivity contribution < 1.29 is 9.15 Å². The third-order valence-corrected chi connectivity index (χ3v) is 3.96. The second-order valence-electron chi connectivity index (χ2n) is 4.78. The van der Waals surface area contributed by atoms with Gasteiger partial charge in [0.1, 0.15) is 5.52 Å². The van der Waals surface area contributed by atoms with Crippen LogP contribution in [0.2, 0.25) is 0 Å². The van der Waals surface area contributed by atoms with E-state index in [0.717, 1.165) is 28.2 Å². The van der Waals surface area contributed by atoms with E-state index in [2.05, 4.69) is 15.3 Å². The van der Waals surface area contributed by atoms with Crippen LogP contribution in [0.1, 0.15) is 16.3 Å². The summed E-state index contributed by atoms with van der Waals surface area (Å²) in [5.74, 6) is 0. The zero-order chi connectivity index (χ0) is 14.7. The number of nitrogens with zero attached hydrogens (tertiary/aromatic N) is 2. The Morgan fingerprint density at radius 1 is 1.33 bits per heavy atom. The van der Waals surface area contributed by atoms with Crippen molar-refractivity contribution in [1.29, 1.82) is 0 Å². The average Bonchev–Trinajstić information content (AvgIpc) is 3.08. The molecule has 110 valence electrons. The van der Waals surface area contributed by atoms with Gasteiger partial charge < -0.3 is 14.5 Å². The molecule has 3 aromatic rings. The number of oxazole rings is 1. The summed E-state index contributed by atoms with van der Waals surface area (Å²) in [6.07, 6.45) is 0.875. The van der Waals surface area contributed by atoms with Gasteiger partial charge in [0, 0.05) is 12.5 Å². The Morgan fingerprint density at radius 2 is 2.24 bits per heavy atom. The molecule has 5 nitrogen and oxygen atoms in total. The van der Waals surface area contributed by atoms with Gasteiger partial charge in [0.2, 0.25) is 0 Å². The van der Waals surface area contributed by atoms with E-state index in [1.807, 2.05) is 30.5 Å². The van der Waals surface area contributed by atoms with Gasteiger partial charge >= 0.3 is 0 Å². The van der Waals surface area contributed by atoms with E-state index in [1.165, 1.54) is 5.56 Å². The lowest BCUT2D eigenvalue weighted by Gasteiger charge is -1.98. The highest BCUT2D eigenvalue weighted by atomic mass is 32.1. The molecule has 0 fully saturated rings. The minimum Gasteiger partial charge on any atom is -0.424 e. The Labute approximate surface area is 127 Å². The monoisotopic (exact) mass is 303 g/mol. The van der Waals surface area contributed by atoms with Crippen LogP contribution in [0.5, 0.6) is 0 Å². The SMILES string of the molecule is COCCc1ccc2oc(NCc3csc(C)n3)nc2c1. The molecular formula is C15H17N3O2S. The lowest BCUT2D eigenvalue weighted by atomic mass is 10.1. The summed E-state index contributed by atoms with van der Waals surface area (Å²) < 4.78 is 10.8. The first-order chi connectivity index (χ1) is 10.2. The molecule has 0 unspecified atom stereocenters. The van der Waals surface area contributed by atoms with E-state index < -0.39 is 0 Å². The zero-order valence-corrected chi connectivity index (χ0v) is 12.9. The maximum Gasteiger partial charge on any atom is 0.296 e. The van der Waals surface area contributed by atoms with Crippen LogP contribution in [0.4, 0.5) is 6.01 Å². The van der Waals surface area contributed by atoms with E-state index in [1.54, 1.807) is 18.4 Å². The fraction of sp³-hybridized carbons (Fsp3) is 0.333. The molecule has 2 aromatic heterocycles. The molecule has 0 bridgehead atoms. The Bertz CT molecular complexity index is 735. The summed E-state index contributed by atoms with van der Waals surface area (Å²) in [6, 6.07) is 6.56. The molecule has 0 spiro atoms. The number of anilines is 1. The summed E-state index contributed by atoms with van der Waals surface area (Å²) in [6.45, 7) is 3.32. The van der Waals surface area contributed by atoms with Crippen LogP contribution in [0, 0.1) is 6.92 Å². The zero-order valence-electron chi connectivity index (χ0n) is 12.0. The fourth-order valence-electron chi connectivity index (χ4n) is 2.08. The van der Waals surface area contributed by atoms with E-state index >= 15 is 0 Å². The molecule has 0 saturated carbocycles. The maximum absolute atomic E-state index is 5.68. The molecule has 0 aliphatic heterocycles. The molecule has 1 aromatic carbocycles. The van der Waals surface area contributed by atoms with Crippen LogP contribution in [0.25, 0.3) is 11.1 Å². The first-order valence-electron chi connectivity index (χ1n) is 6.78. The molecule has 0 aliphatic rings. The van der Waals surface area contributed by atoms with Crippen LogP contribution >= 0.6 is 11.3 Å². The van der Waals surface area contributed by atoms with Gasteiger partial charge in [-0.05, 0) is 31.0 Å². The van der Waals surface area contributed by atoms with E-state index in [9.17, 15) is 0 Å². The van der Waals surface area contributed by atoms with Crippen molar-refractivity contribution in [2.75, 3.05) is 19.0 Å². The first-order valence-corrected chi connectivity index (χ1v) is 7.66. The molecule has 3 rings (SSSR count). The van der Waals surface area contributed by atoms with Gasteiger partial charge in [-0.25, -0.2) is 4.98 Å². The molecule has 0 amide bonds. The predicted molar refractivity (Wildman–Crippen MR) is 83.8 cm³/mol. The van der Waals surface area contributed by atoms with Crippen LogP contribution in [0.15, 0.2) is 28.0 Å². The topological polar surface area (TPSA) is 60.2 Å². The van der Waals surface area contributed by atoms with Crippen molar-refractivity contribution in [3.63, 3.8) is 0 Å². The number of hydrogen-bond donors (Lipinski definition) is 1. The van der Waals surface area contributed by atoms with Gasteiger partial charge in [-0.1, -0.05) is 6.07 Å². The molecule has 6 heteroatoms. The molecular weight excluding hydrogens is 286 g/mol. The van der Waals surface area contributed by atoms with Gasteiger partial charge in [0.05, 0.1) is 23.9 Å². The second-order valence-corrected chi connectivity index (χ2v) is 5.84. The van der Waals surface area contributed by atoms with Gasteiger partial charge in [0.25, 0.3) is 6.01 Å². The lowest BCUT2D eigenvalue weighted by Crippen LogP contribution is -1.99. The van der Waals surface area contributed by atoms with Crippen molar-refractivity contribution in [2.24, 2.45) is 0 Å². The quantitative estimate of drug-likeness (QED) is 0.756. The standard InChI is InChI=1S/C15H17N3O2S/c1-10-17-12(9-21-10)8-16-15-18-13-7-11(5-6-19-2)3-4-14(13)20-15/h3-4,7,9H,5-6,8H2,1-2H3,(H,16,18). The minimum atomic E-state index is 0.527. The van der Waals surface area contributed by atoms with Gasteiger partial charge in [-0.2, -0.15) is 4.98 Å². The van der Waals surface area contributed by atoms with Gasteiger partial charge in [-0.15, -0.1) is 11.3 Å². The number of aryl methyl sites for hydroxylation is 1. The number of hydrogen-bond acceptors (Lipinski definition) is 6. The van der Waals surface area contributed by atoms with Crippen molar-refractivity contribution in [3.8, 4) is 0 Å². The molecule has 1 N–H and O–H groups in total. The smallest absolute Gasteiger partial charge is 0.296 e. The highest BCUT2D eigenvalue weighted by Gasteiger charge is 2.07. The van der Waals surface area contributed by atoms with Crippen LogP contribution < -0.4 is 5.32 Å². The first kappa shape index (κ1) is 14.0. The van der Waals surface area contributed by atoms with Crippen LogP contribution in [-0.4, -0.2) is 23.7 Å². The third kappa shape index (κ3) is 3.40. The fourth-order valence-corrected chi connectivity index (χ4v) is 2.69. The number of benzene rings is 1. The molecule has 0 atom stereocenters. The summed E-state index contributed by atoms with van der Waals surface area (Å²) in [5.41, 5.74) is 3.84. The predicted octanol–water partition coefficient (Wildman–Crippen LogP) is 3.39. The minimum absolute atomic E-state index is 0.527. The average molecular weight is 303 g/mol. The van der Waals surface area contributed by atoms with E-state index in [4.69, 9.17) is 9.15 Å². The molecule has 2 heterocycles. The summed E-state index contributed by atoms with van der Waals surface area (Å²) in [7, 11) is 1.71. The molecule has 21 heavy (non-hydrogen) atoms. The van der Waals surface area contributed by atoms with E-state index in [-0.39, 0.29) is 0 Å². The number of rotatable bonds is 6. The highest BCUT2D eigenvalue weighted by molar-refractivity contribution is 7.09. The summed E-state index contributed by atoms with van der Waals surface area (Å²) in [5, 5.41) is 6.27. The number of nitrogens with one attached hydrogen (secondary N) is 1. The van der Waals surface area contributed by atoms with E-state index in [0.29, 0.717) is 19.2 Å². The highest BCUT2D eigenvalue weighted by Crippen LogP contribution is 2.21. The maximum atomic E-state index is 5.68. The van der Waals surface area contributed by atoms with Gasteiger partial charge in [-0.3, -0.25) is 0 Å². The molecule has 0 saturated heterocycles. The van der Waals surface area contributed by atoms with Crippen molar-refractivity contribution in [2.45, 2.75) is 19.9 Å². The Kier molecular flexibility index (Phi) is 4.17. The normalized spacial score (nSPS) is 11.1. The molecule has 0 radical (unpaired) electrons. The van der Waals surface area contributed by atoms with Crippen molar-refractivity contribution >= 4 is 28.5 Å².